The number of rotatable bonds is 7. The maximum absolute atomic E-state index is 12.7. The number of hydrogen-bond acceptors (Lipinski definition) is 10. The first-order valence-electron chi connectivity index (χ1n) is 17.3. The Kier molecular flexibility index (Phi) is 9.01. The Morgan fingerprint density at radius 1 is 0.864 bits per heavy atom. The third kappa shape index (κ3) is 5.18. The van der Waals surface area contributed by atoms with Gasteiger partial charge in [0.1, 0.15) is 30.5 Å². The molecule has 2 saturated heterocycles. The number of esters is 1. The van der Waals surface area contributed by atoms with E-state index in [1.54, 1.807) is 0 Å². The first-order chi connectivity index (χ1) is 20.8. The lowest BCUT2D eigenvalue weighted by Crippen LogP contribution is -2.55. The molecule has 0 radical (unpaired) electrons. The maximum Gasteiger partial charge on any atom is 0.338 e. The summed E-state index contributed by atoms with van der Waals surface area (Å²) in [4.78, 5) is 12.7. The minimum Gasteiger partial charge on any atom is -0.460 e. The number of aliphatic hydroxyl groups excluding tert-OH is 6. The maximum atomic E-state index is 12.7. The van der Waals surface area contributed by atoms with Gasteiger partial charge in [0.25, 0.3) is 0 Å². The summed E-state index contributed by atoms with van der Waals surface area (Å²) >= 11 is 0. The van der Waals surface area contributed by atoms with E-state index in [1.165, 1.54) is 19.3 Å². The van der Waals surface area contributed by atoms with Gasteiger partial charge < -0.3 is 44.8 Å². The first kappa shape index (κ1) is 33.1. The van der Waals surface area contributed by atoms with Crippen LogP contribution in [0, 0.1) is 52.3 Å². The molecule has 2 aliphatic heterocycles. The highest BCUT2D eigenvalue weighted by molar-refractivity contribution is 5.75. The standard InChI is InChI=1S/C34H56O10/c1-17-7-12-34(42-16-17)18(2)26-25(44-34)14-23-21-6-5-19-13-20(8-10-32(19,3)22(21)9-11-33(23,26)4)43-31(41)30(40)29(39)28(38)27(37)24(36)15-35/h17-30,35-40H,5-16H2,1-4H3/t17-,18+,19?,20+,21?,22?,23?,24+,25?,26?,27-,28-,29+,30+,32+,33+,34-/m1/s1. The average molecular weight is 625 g/mol. The molecule has 0 aromatic heterocycles. The fourth-order valence-electron chi connectivity index (χ4n) is 11.4. The van der Waals surface area contributed by atoms with E-state index in [1.807, 2.05) is 0 Å². The minimum atomic E-state index is -2.08. The van der Waals surface area contributed by atoms with E-state index in [-0.39, 0.29) is 16.9 Å². The molecule has 6 fully saturated rings. The van der Waals surface area contributed by atoms with Gasteiger partial charge in [0.2, 0.25) is 0 Å². The van der Waals surface area contributed by atoms with Gasteiger partial charge in [-0.2, -0.15) is 0 Å². The Morgan fingerprint density at radius 2 is 1.59 bits per heavy atom. The van der Waals surface area contributed by atoms with E-state index in [9.17, 15) is 30.3 Å². The predicted molar refractivity (Wildman–Crippen MR) is 159 cm³/mol. The fourth-order valence-corrected chi connectivity index (χ4v) is 11.4. The lowest BCUT2D eigenvalue weighted by molar-refractivity contribution is -0.273. The van der Waals surface area contributed by atoms with Crippen LogP contribution in [0.15, 0.2) is 0 Å². The summed E-state index contributed by atoms with van der Waals surface area (Å²) < 4.78 is 19.0. The highest BCUT2D eigenvalue weighted by Crippen LogP contribution is 2.71. The zero-order valence-corrected chi connectivity index (χ0v) is 26.9. The van der Waals surface area contributed by atoms with Crippen molar-refractivity contribution in [2.24, 2.45) is 52.3 Å². The normalized spacial score (nSPS) is 50.0. The Labute approximate surface area is 261 Å². The van der Waals surface area contributed by atoms with Crippen LogP contribution >= 0.6 is 0 Å². The molecule has 0 aromatic carbocycles. The van der Waals surface area contributed by atoms with Gasteiger partial charge in [-0.1, -0.05) is 27.7 Å². The van der Waals surface area contributed by atoms with Crippen LogP contribution in [0.1, 0.15) is 91.9 Å². The Hall–Kier alpha value is -0.850. The van der Waals surface area contributed by atoms with Crippen molar-refractivity contribution in [1.82, 2.24) is 0 Å². The Balaban J connectivity index is 1.08. The van der Waals surface area contributed by atoms with E-state index in [0.29, 0.717) is 54.3 Å². The number of aliphatic hydroxyl groups is 6. The monoisotopic (exact) mass is 624 g/mol. The third-order valence-corrected chi connectivity index (χ3v) is 14.0. The zero-order chi connectivity index (χ0) is 31.8. The van der Waals surface area contributed by atoms with Gasteiger partial charge >= 0.3 is 5.97 Å². The van der Waals surface area contributed by atoms with Crippen molar-refractivity contribution in [1.29, 1.82) is 0 Å². The van der Waals surface area contributed by atoms with Gasteiger partial charge in [-0.25, -0.2) is 4.79 Å². The molecule has 4 aliphatic carbocycles. The Bertz CT molecular complexity index is 1050. The van der Waals surface area contributed by atoms with Crippen LogP contribution in [0.5, 0.6) is 0 Å². The van der Waals surface area contributed by atoms with E-state index >= 15 is 0 Å². The molecule has 4 saturated carbocycles. The summed E-state index contributed by atoms with van der Waals surface area (Å²) in [5.74, 6) is 2.41. The van der Waals surface area contributed by atoms with Crippen LogP contribution in [0.25, 0.3) is 0 Å². The molecule has 6 aliphatic rings. The van der Waals surface area contributed by atoms with Crippen molar-refractivity contribution < 1.29 is 49.6 Å². The molecule has 10 nitrogen and oxygen atoms in total. The fraction of sp³-hybridized carbons (Fsp3) is 0.971. The average Bonchev–Trinajstić information content (AvgIpc) is 3.46. The summed E-state index contributed by atoms with van der Waals surface area (Å²) in [7, 11) is 0. The number of ether oxygens (including phenoxy) is 3. The number of carbonyl (C=O) groups excluding carboxylic acids is 1. The molecule has 10 heteroatoms. The zero-order valence-electron chi connectivity index (χ0n) is 26.9. The molecule has 252 valence electrons. The lowest BCUT2D eigenvalue weighted by atomic mass is 9.44. The van der Waals surface area contributed by atoms with Gasteiger partial charge in [0.15, 0.2) is 11.9 Å². The highest BCUT2D eigenvalue weighted by atomic mass is 16.7. The lowest BCUT2D eigenvalue weighted by Gasteiger charge is -2.61. The molecule has 6 rings (SSSR count). The molecular formula is C34H56O10. The van der Waals surface area contributed by atoms with Crippen LogP contribution in [-0.4, -0.2) is 98.3 Å². The van der Waals surface area contributed by atoms with E-state index in [4.69, 9.17) is 19.3 Å². The summed E-state index contributed by atoms with van der Waals surface area (Å²) in [5, 5.41) is 59.1. The molecule has 0 amide bonds. The topological polar surface area (TPSA) is 166 Å². The summed E-state index contributed by atoms with van der Waals surface area (Å²) in [5.41, 5.74) is 0.416. The van der Waals surface area contributed by atoms with Crippen molar-refractivity contribution in [3.8, 4) is 0 Å². The molecule has 17 atom stereocenters. The predicted octanol–water partition coefficient (Wildman–Crippen LogP) is 2.14. The SMILES string of the molecule is C[C@@H]1CC[C@@]2(OC1)OC1CC3C4CCC5C[C@@H](OC(=O)[C@@H](O)[C@@H](O)[C@H](O)[C@H](O)[C@@H](O)CO)CC[C@]5(C)C4CC[C@]3(C)C1[C@@H]2C. The van der Waals surface area contributed by atoms with E-state index in [0.717, 1.165) is 38.7 Å². The van der Waals surface area contributed by atoms with Crippen LogP contribution < -0.4 is 0 Å². The van der Waals surface area contributed by atoms with Gasteiger partial charge in [0, 0.05) is 12.3 Å². The van der Waals surface area contributed by atoms with E-state index in [2.05, 4.69) is 27.7 Å². The van der Waals surface area contributed by atoms with Crippen molar-refractivity contribution in [2.45, 2.75) is 140 Å². The second-order valence-corrected chi connectivity index (χ2v) is 16.2. The Morgan fingerprint density at radius 3 is 2.27 bits per heavy atom. The third-order valence-electron chi connectivity index (χ3n) is 14.0. The van der Waals surface area contributed by atoms with E-state index < -0.39 is 55.0 Å². The summed E-state index contributed by atoms with van der Waals surface area (Å²) in [6.45, 7) is 9.59. The molecule has 6 unspecified atom stereocenters. The smallest absolute Gasteiger partial charge is 0.338 e. The number of carbonyl (C=O) groups is 1. The van der Waals surface area contributed by atoms with Crippen LogP contribution in [0.2, 0.25) is 0 Å². The summed E-state index contributed by atoms with van der Waals surface area (Å²) in [6.07, 6.45) is 0.309. The highest BCUT2D eigenvalue weighted by Gasteiger charge is 2.69. The van der Waals surface area contributed by atoms with Crippen LogP contribution in [-0.2, 0) is 19.0 Å². The summed E-state index contributed by atoms with van der Waals surface area (Å²) in [6, 6.07) is 0. The molecule has 0 bridgehead atoms. The number of hydrogen-bond donors (Lipinski definition) is 6. The van der Waals surface area contributed by atoms with Gasteiger partial charge in [-0.3, -0.25) is 0 Å². The van der Waals surface area contributed by atoms with Crippen molar-refractivity contribution in [2.75, 3.05) is 13.2 Å². The van der Waals surface area contributed by atoms with Crippen molar-refractivity contribution >= 4 is 5.97 Å². The van der Waals surface area contributed by atoms with Gasteiger partial charge in [0.05, 0.1) is 19.3 Å². The van der Waals surface area contributed by atoms with Gasteiger partial charge in [-0.15, -0.1) is 0 Å². The van der Waals surface area contributed by atoms with Crippen LogP contribution in [0.3, 0.4) is 0 Å². The molecule has 0 aromatic rings. The quantitative estimate of drug-likeness (QED) is 0.231. The van der Waals surface area contributed by atoms with Gasteiger partial charge in [-0.05, 0) is 104 Å². The van der Waals surface area contributed by atoms with Crippen LogP contribution in [0.4, 0.5) is 0 Å². The van der Waals surface area contributed by atoms with Crippen molar-refractivity contribution in [3.63, 3.8) is 0 Å². The second-order valence-electron chi connectivity index (χ2n) is 16.2. The molecule has 44 heavy (non-hydrogen) atoms. The number of fused-ring (bicyclic) bond motifs is 7. The largest absolute Gasteiger partial charge is 0.460 e. The van der Waals surface area contributed by atoms with Crippen molar-refractivity contribution in [3.05, 3.63) is 0 Å². The molecule has 6 N–H and O–H groups in total. The molecule has 2 heterocycles. The minimum absolute atomic E-state index is 0.153. The molecular weight excluding hydrogens is 568 g/mol. The molecule has 1 spiro atoms. The second kappa shape index (κ2) is 12.0. The first-order valence-corrected chi connectivity index (χ1v) is 17.3.